The summed E-state index contributed by atoms with van der Waals surface area (Å²) in [6, 6.07) is 5.33. The van der Waals surface area contributed by atoms with E-state index in [1.54, 1.807) is 38.6 Å². The first-order valence-electron chi connectivity index (χ1n) is 5.66. The van der Waals surface area contributed by atoms with Crippen LogP contribution in [0.5, 0.6) is 11.5 Å². The van der Waals surface area contributed by atoms with Gasteiger partial charge in [-0.25, -0.2) is 9.89 Å². The molecule has 0 radical (unpaired) electrons. The lowest BCUT2D eigenvalue weighted by molar-refractivity contribution is 0.394. The van der Waals surface area contributed by atoms with Gasteiger partial charge in [0.1, 0.15) is 11.5 Å². The predicted octanol–water partition coefficient (Wildman–Crippen LogP) is 0.628. The number of ether oxygens (including phenoxy) is 2. The monoisotopic (exact) mass is 275 g/mol. The van der Waals surface area contributed by atoms with Gasteiger partial charge < -0.3 is 9.47 Å². The van der Waals surface area contributed by atoms with Crippen molar-refractivity contribution < 1.29 is 9.47 Å². The smallest absolute Gasteiger partial charge is 0.363 e. The van der Waals surface area contributed by atoms with Gasteiger partial charge in [-0.1, -0.05) is 0 Å². The number of methoxy groups -OCH3 is 2. The molecular formula is C12H13N5O3. The van der Waals surface area contributed by atoms with E-state index in [1.807, 2.05) is 0 Å². The number of hydrogen-bond donors (Lipinski definition) is 2. The van der Waals surface area contributed by atoms with Gasteiger partial charge in [0.2, 0.25) is 0 Å². The highest BCUT2D eigenvalue weighted by atomic mass is 16.5. The average Bonchev–Trinajstić information content (AvgIpc) is 2.47. The standard InChI is InChI=1S/C12H13N5O3/c1-19-9-4-3-8(10(5-9)20-2)6-13-16-11-7-14-17-12(18)15-11/h3-7H,1-2H3,(H2,15,16,17,18)/b13-6+. The average molecular weight is 275 g/mol. The molecular weight excluding hydrogens is 262 g/mol. The fraction of sp³-hybridized carbons (Fsp3) is 0.167. The molecule has 1 heterocycles. The molecule has 0 unspecified atom stereocenters. The second kappa shape index (κ2) is 6.32. The largest absolute Gasteiger partial charge is 0.497 e. The second-order valence-corrected chi connectivity index (χ2v) is 3.65. The third-order valence-electron chi connectivity index (χ3n) is 2.39. The Hall–Kier alpha value is -2.90. The number of rotatable bonds is 5. The van der Waals surface area contributed by atoms with Crippen LogP contribution in [0.25, 0.3) is 0 Å². The van der Waals surface area contributed by atoms with Crippen LogP contribution in [0, 0.1) is 0 Å². The van der Waals surface area contributed by atoms with Crippen LogP contribution in [0.15, 0.2) is 34.3 Å². The van der Waals surface area contributed by atoms with E-state index < -0.39 is 5.69 Å². The first-order chi connectivity index (χ1) is 9.72. The van der Waals surface area contributed by atoms with E-state index in [0.29, 0.717) is 11.5 Å². The van der Waals surface area contributed by atoms with Crippen LogP contribution in [-0.2, 0) is 0 Å². The normalized spacial score (nSPS) is 10.5. The number of nitrogens with zero attached hydrogens (tertiary/aromatic N) is 3. The minimum Gasteiger partial charge on any atom is -0.497 e. The maximum atomic E-state index is 10.9. The summed E-state index contributed by atoms with van der Waals surface area (Å²) in [5.41, 5.74) is 2.80. The van der Waals surface area contributed by atoms with E-state index in [4.69, 9.17) is 9.47 Å². The maximum absolute atomic E-state index is 10.9. The van der Waals surface area contributed by atoms with Crippen molar-refractivity contribution in [3.05, 3.63) is 40.4 Å². The van der Waals surface area contributed by atoms with Crippen molar-refractivity contribution in [3.63, 3.8) is 0 Å². The number of nitrogens with one attached hydrogen (secondary N) is 2. The molecule has 0 fully saturated rings. The van der Waals surface area contributed by atoms with Crippen LogP contribution in [0.2, 0.25) is 0 Å². The summed E-state index contributed by atoms with van der Waals surface area (Å²) in [6.45, 7) is 0. The lowest BCUT2D eigenvalue weighted by atomic mass is 10.2. The van der Waals surface area contributed by atoms with Gasteiger partial charge >= 0.3 is 5.69 Å². The van der Waals surface area contributed by atoms with E-state index in [1.165, 1.54) is 6.20 Å². The highest BCUT2D eigenvalue weighted by Gasteiger charge is 2.02. The number of benzene rings is 1. The zero-order chi connectivity index (χ0) is 14.4. The number of aromatic nitrogens is 3. The molecule has 2 N–H and O–H groups in total. The molecule has 0 saturated carbocycles. The lowest BCUT2D eigenvalue weighted by Gasteiger charge is -2.06. The van der Waals surface area contributed by atoms with Gasteiger partial charge in [-0.05, 0) is 12.1 Å². The molecule has 20 heavy (non-hydrogen) atoms. The molecule has 8 heteroatoms. The van der Waals surface area contributed by atoms with E-state index in [9.17, 15) is 4.79 Å². The van der Waals surface area contributed by atoms with Crippen molar-refractivity contribution in [1.82, 2.24) is 15.2 Å². The zero-order valence-electron chi connectivity index (χ0n) is 11.0. The van der Waals surface area contributed by atoms with E-state index in [0.717, 1.165) is 5.56 Å². The van der Waals surface area contributed by atoms with Crippen molar-refractivity contribution >= 4 is 12.0 Å². The summed E-state index contributed by atoms with van der Waals surface area (Å²) in [5, 5.41) is 9.72. The first kappa shape index (κ1) is 13.5. The quantitative estimate of drug-likeness (QED) is 0.613. The predicted molar refractivity (Wildman–Crippen MR) is 73.4 cm³/mol. The molecule has 1 aromatic carbocycles. The van der Waals surface area contributed by atoms with Crippen LogP contribution >= 0.6 is 0 Å². The molecule has 0 saturated heterocycles. The van der Waals surface area contributed by atoms with Crippen LogP contribution < -0.4 is 20.6 Å². The molecule has 8 nitrogen and oxygen atoms in total. The molecule has 0 atom stereocenters. The topological polar surface area (TPSA) is 101 Å². The molecule has 0 spiro atoms. The van der Waals surface area contributed by atoms with Crippen LogP contribution in [0.4, 0.5) is 5.82 Å². The van der Waals surface area contributed by atoms with E-state index >= 15 is 0 Å². The van der Waals surface area contributed by atoms with E-state index in [-0.39, 0.29) is 5.82 Å². The van der Waals surface area contributed by atoms with Gasteiger partial charge in [-0.2, -0.15) is 15.2 Å². The fourth-order valence-corrected chi connectivity index (χ4v) is 1.46. The number of aromatic amines is 1. The lowest BCUT2D eigenvalue weighted by Crippen LogP contribution is -2.13. The fourth-order valence-electron chi connectivity index (χ4n) is 1.46. The molecule has 2 aromatic rings. The number of hydrogen-bond acceptors (Lipinski definition) is 7. The van der Waals surface area contributed by atoms with Crippen molar-refractivity contribution in [2.24, 2.45) is 5.10 Å². The second-order valence-electron chi connectivity index (χ2n) is 3.65. The molecule has 0 bridgehead atoms. The highest BCUT2D eigenvalue weighted by Crippen LogP contribution is 2.23. The van der Waals surface area contributed by atoms with E-state index in [2.05, 4.69) is 25.7 Å². The Labute approximate surface area is 114 Å². The highest BCUT2D eigenvalue weighted by molar-refractivity contribution is 5.84. The van der Waals surface area contributed by atoms with Gasteiger partial charge in [0.05, 0.1) is 26.6 Å². The van der Waals surface area contributed by atoms with Crippen LogP contribution in [0.3, 0.4) is 0 Å². The van der Waals surface area contributed by atoms with Crippen molar-refractivity contribution in [3.8, 4) is 11.5 Å². The number of H-pyrrole nitrogens is 1. The Morgan fingerprint density at radius 3 is 2.90 bits per heavy atom. The Bertz CT molecular complexity index is 668. The van der Waals surface area contributed by atoms with Gasteiger partial charge in [0, 0.05) is 11.6 Å². The molecule has 0 aliphatic heterocycles. The summed E-state index contributed by atoms with van der Waals surface area (Å²) in [4.78, 5) is 14.6. The molecule has 0 amide bonds. The van der Waals surface area contributed by atoms with Crippen LogP contribution in [0.1, 0.15) is 5.56 Å². The Balaban J connectivity index is 2.13. The molecule has 0 aliphatic rings. The first-order valence-corrected chi connectivity index (χ1v) is 5.66. The van der Waals surface area contributed by atoms with Gasteiger partial charge in [0.25, 0.3) is 0 Å². The molecule has 2 rings (SSSR count). The summed E-state index contributed by atoms with van der Waals surface area (Å²) in [6.07, 6.45) is 2.89. The third-order valence-corrected chi connectivity index (χ3v) is 2.39. The Morgan fingerprint density at radius 2 is 2.20 bits per heavy atom. The van der Waals surface area contributed by atoms with Gasteiger partial charge in [0.15, 0.2) is 5.82 Å². The van der Waals surface area contributed by atoms with Crippen molar-refractivity contribution in [2.45, 2.75) is 0 Å². The summed E-state index contributed by atoms with van der Waals surface area (Å²) < 4.78 is 10.3. The minimum absolute atomic E-state index is 0.248. The van der Waals surface area contributed by atoms with Crippen molar-refractivity contribution in [1.29, 1.82) is 0 Å². The van der Waals surface area contributed by atoms with Gasteiger partial charge in [-0.15, -0.1) is 0 Å². The Kier molecular flexibility index (Phi) is 4.28. The molecule has 1 aromatic heterocycles. The summed E-state index contributed by atoms with van der Waals surface area (Å²) in [5.74, 6) is 1.55. The molecule has 0 aliphatic carbocycles. The maximum Gasteiger partial charge on any atom is 0.363 e. The third kappa shape index (κ3) is 3.31. The van der Waals surface area contributed by atoms with Crippen molar-refractivity contribution in [2.75, 3.05) is 19.6 Å². The number of hydrazone groups is 1. The summed E-state index contributed by atoms with van der Waals surface area (Å²) in [7, 11) is 3.14. The Morgan fingerprint density at radius 1 is 1.35 bits per heavy atom. The van der Waals surface area contributed by atoms with Crippen LogP contribution in [-0.4, -0.2) is 35.6 Å². The minimum atomic E-state index is -0.549. The SMILES string of the molecule is COc1ccc(/C=N/Nc2cn[nH]c(=O)n2)c(OC)c1. The zero-order valence-corrected chi connectivity index (χ0v) is 11.0. The summed E-state index contributed by atoms with van der Waals surface area (Å²) >= 11 is 0. The number of anilines is 1. The van der Waals surface area contributed by atoms with Gasteiger partial charge in [-0.3, -0.25) is 5.43 Å². The molecule has 104 valence electrons.